The summed E-state index contributed by atoms with van der Waals surface area (Å²) in [7, 11) is 0. The molecular weight excluding hydrogens is 530 g/mol. The second-order valence-electron chi connectivity index (χ2n) is 10.9. The monoisotopic (exact) mass is 555 g/mol. The van der Waals surface area contributed by atoms with Crippen LogP contribution in [0.15, 0.2) is 150 Å². The number of carbonyl (C=O) groups is 2. The fourth-order valence-electron chi connectivity index (χ4n) is 6.26. The van der Waals surface area contributed by atoms with Gasteiger partial charge in [-0.05, 0) is 89.5 Å². The van der Waals surface area contributed by atoms with E-state index >= 15 is 0 Å². The number of rotatable bonds is 3. The number of Topliss-reactive ketones (excluding diaryl/α,β-unsaturated/α-hetero) is 2. The van der Waals surface area contributed by atoms with E-state index in [1.54, 1.807) is 12.2 Å². The molecule has 1 aliphatic heterocycles. The second kappa shape index (κ2) is 9.68. The van der Waals surface area contributed by atoms with Gasteiger partial charge in [0.15, 0.2) is 11.6 Å². The molecule has 8 rings (SSSR count). The molecule has 2 heterocycles. The summed E-state index contributed by atoms with van der Waals surface area (Å²) >= 11 is 0. The van der Waals surface area contributed by atoms with E-state index in [1.165, 1.54) is 5.39 Å². The number of hydrogen-bond acceptors (Lipinski definition) is 3. The minimum absolute atomic E-state index is 0.189. The van der Waals surface area contributed by atoms with Gasteiger partial charge in [0.25, 0.3) is 0 Å². The molecular formula is C39H25NO3. The van der Waals surface area contributed by atoms with Crippen molar-refractivity contribution in [3.05, 3.63) is 167 Å². The Labute approximate surface area is 248 Å². The number of para-hydroxylation sites is 2. The van der Waals surface area contributed by atoms with Crippen molar-refractivity contribution in [3.8, 4) is 5.69 Å². The summed E-state index contributed by atoms with van der Waals surface area (Å²) in [5.74, 6) is 0.696. The van der Waals surface area contributed by atoms with Crippen LogP contribution in [0.1, 0.15) is 33.2 Å². The minimum atomic E-state index is -0.244. The van der Waals surface area contributed by atoms with Crippen LogP contribution < -0.4 is 0 Å². The molecule has 4 heteroatoms. The molecule has 0 amide bonds. The summed E-state index contributed by atoms with van der Waals surface area (Å²) in [6, 6.07) is 36.7. The largest absolute Gasteiger partial charge is 0.462 e. The third-order valence-corrected chi connectivity index (χ3v) is 8.20. The fraction of sp³-hybridized carbons (Fsp3) is 0.0256. The normalized spacial score (nSPS) is 15.0. The van der Waals surface area contributed by atoms with Crippen LogP contribution in [0.4, 0.5) is 0 Å². The zero-order chi connectivity index (χ0) is 29.1. The van der Waals surface area contributed by atoms with Crippen molar-refractivity contribution in [3.63, 3.8) is 0 Å². The second-order valence-corrected chi connectivity index (χ2v) is 10.9. The first kappa shape index (κ1) is 25.0. The van der Waals surface area contributed by atoms with Crippen molar-refractivity contribution in [1.82, 2.24) is 4.57 Å². The number of benzene rings is 5. The Morgan fingerprint density at radius 2 is 1.28 bits per heavy atom. The summed E-state index contributed by atoms with van der Waals surface area (Å²) in [6.45, 7) is 1.83. The minimum Gasteiger partial charge on any atom is -0.462 e. The molecule has 4 nitrogen and oxygen atoms in total. The van der Waals surface area contributed by atoms with E-state index in [0.717, 1.165) is 38.4 Å². The summed E-state index contributed by atoms with van der Waals surface area (Å²) < 4.78 is 8.29. The van der Waals surface area contributed by atoms with Gasteiger partial charge < -0.3 is 9.30 Å². The van der Waals surface area contributed by atoms with E-state index in [1.807, 2.05) is 61.5 Å². The van der Waals surface area contributed by atoms with Crippen molar-refractivity contribution in [2.45, 2.75) is 6.92 Å². The van der Waals surface area contributed by atoms with Gasteiger partial charge in [0, 0.05) is 27.6 Å². The molecule has 43 heavy (non-hydrogen) atoms. The molecule has 0 fully saturated rings. The van der Waals surface area contributed by atoms with Gasteiger partial charge in [-0.15, -0.1) is 0 Å². The average molecular weight is 556 g/mol. The number of hydrogen-bond donors (Lipinski definition) is 0. The van der Waals surface area contributed by atoms with E-state index in [9.17, 15) is 9.59 Å². The van der Waals surface area contributed by atoms with Gasteiger partial charge >= 0.3 is 0 Å². The van der Waals surface area contributed by atoms with Crippen LogP contribution in [0.5, 0.6) is 0 Å². The number of nitrogens with zero attached hydrogens (tertiary/aromatic N) is 1. The number of carbonyl (C=O) groups excluding carboxylic acids is 2. The van der Waals surface area contributed by atoms with Crippen LogP contribution in [-0.2, 0) is 4.74 Å². The number of fused-ring (bicyclic) bond motifs is 5. The zero-order valence-electron chi connectivity index (χ0n) is 23.4. The Balaban J connectivity index is 1.18. The highest BCUT2D eigenvalue weighted by Crippen LogP contribution is 2.36. The number of aromatic nitrogens is 1. The number of ketones is 2. The topological polar surface area (TPSA) is 48.3 Å². The molecule has 5 aromatic carbocycles. The number of ether oxygens (including phenoxy) is 1. The van der Waals surface area contributed by atoms with Crippen LogP contribution in [0.25, 0.3) is 44.3 Å². The highest BCUT2D eigenvalue weighted by molar-refractivity contribution is 6.41. The van der Waals surface area contributed by atoms with E-state index in [4.69, 9.17) is 4.74 Å². The molecule has 0 radical (unpaired) electrons. The van der Waals surface area contributed by atoms with Crippen LogP contribution in [0.3, 0.4) is 0 Å². The van der Waals surface area contributed by atoms with Crippen molar-refractivity contribution in [2.75, 3.05) is 0 Å². The Morgan fingerprint density at radius 3 is 2.02 bits per heavy atom. The van der Waals surface area contributed by atoms with Crippen molar-refractivity contribution in [1.29, 1.82) is 0 Å². The molecule has 0 saturated heterocycles. The molecule has 1 aromatic heterocycles. The quantitative estimate of drug-likeness (QED) is 0.162. The molecule has 6 aromatic rings. The van der Waals surface area contributed by atoms with E-state index < -0.39 is 0 Å². The number of allylic oxidation sites excluding steroid dienone is 6. The van der Waals surface area contributed by atoms with E-state index in [0.29, 0.717) is 28.2 Å². The maximum Gasteiger partial charge on any atom is 0.198 e. The molecule has 1 aliphatic carbocycles. The first-order valence-corrected chi connectivity index (χ1v) is 14.3. The summed E-state index contributed by atoms with van der Waals surface area (Å²) in [5, 5.41) is 4.22. The lowest BCUT2D eigenvalue weighted by molar-refractivity contribution is 0.0988. The lowest BCUT2D eigenvalue weighted by Gasteiger charge is -2.14. The van der Waals surface area contributed by atoms with Crippen molar-refractivity contribution >= 4 is 50.2 Å². The molecule has 0 unspecified atom stereocenters. The smallest absolute Gasteiger partial charge is 0.198 e. The Morgan fingerprint density at radius 1 is 0.628 bits per heavy atom. The maximum absolute atomic E-state index is 13.5. The molecule has 0 spiro atoms. The van der Waals surface area contributed by atoms with Crippen LogP contribution in [0.2, 0.25) is 0 Å². The van der Waals surface area contributed by atoms with Crippen molar-refractivity contribution < 1.29 is 14.3 Å². The van der Waals surface area contributed by atoms with Gasteiger partial charge in [0.05, 0.1) is 16.6 Å². The summed E-state index contributed by atoms with van der Waals surface area (Å²) in [4.78, 5) is 27.0. The Bertz CT molecular complexity index is 2240. The molecule has 2 aliphatic rings. The van der Waals surface area contributed by atoms with Gasteiger partial charge in [-0.25, -0.2) is 0 Å². The lowest BCUT2D eigenvalue weighted by Crippen LogP contribution is -2.07. The van der Waals surface area contributed by atoms with Crippen LogP contribution in [0, 0.1) is 0 Å². The molecule has 0 N–H and O–H groups in total. The van der Waals surface area contributed by atoms with Crippen molar-refractivity contribution in [2.24, 2.45) is 0 Å². The van der Waals surface area contributed by atoms with Gasteiger partial charge in [-0.3, -0.25) is 9.59 Å². The van der Waals surface area contributed by atoms with Crippen LogP contribution in [-0.4, -0.2) is 16.1 Å². The van der Waals surface area contributed by atoms with E-state index in [2.05, 4.69) is 71.3 Å². The maximum atomic E-state index is 13.5. The highest BCUT2D eigenvalue weighted by Gasteiger charge is 2.35. The Hall–Kier alpha value is -5.74. The summed E-state index contributed by atoms with van der Waals surface area (Å²) in [6.07, 6.45) is 7.43. The molecule has 0 bridgehead atoms. The standard InChI is InChI=1S/C39H25NO3/c1-24-19-28(37-38(41)33-22-26-9-5-6-10-27(26)23-34(33)39(37)42)21-30(43-24)17-15-25-16-18-36-32(20-25)31-13-7-8-14-35(31)40(36)29-11-3-2-4-12-29/h2-23H,1H3/b17-15+. The SMILES string of the molecule is CC1=CC(=C2C(=O)c3cc4ccccc4cc3C2=O)C=C(/C=C/c2ccc3c(c2)c2ccccc2n3-c2ccccc2)O1. The third-order valence-electron chi connectivity index (χ3n) is 8.20. The average Bonchev–Trinajstić information content (AvgIpc) is 3.49. The predicted molar refractivity (Wildman–Crippen MR) is 172 cm³/mol. The molecule has 0 atom stereocenters. The summed E-state index contributed by atoms with van der Waals surface area (Å²) in [5.41, 5.74) is 6.09. The van der Waals surface area contributed by atoms with Gasteiger partial charge in [-0.2, -0.15) is 0 Å². The van der Waals surface area contributed by atoms with Crippen LogP contribution >= 0.6 is 0 Å². The zero-order valence-corrected chi connectivity index (χ0v) is 23.4. The van der Waals surface area contributed by atoms with Gasteiger partial charge in [-0.1, -0.05) is 72.8 Å². The third kappa shape index (κ3) is 4.07. The predicted octanol–water partition coefficient (Wildman–Crippen LogP) is 9.14. The Kier molecular flexibility index (Phi) is 5.63. The van der Waals surface area contributed by atoms with Gasteiger partial charge in [0.2, 0.25) is 0 Å². The van der Waals surface area contributed by atoms with Gasteiger partial charge in [0.1, 0.15) is 11.5 Å². The molecule has 0 saturated carbocycles. The first-order valence-electron chi connectivity index (χ1n) is 14.3. The first-order chi connectivity index (χ1) is 21.0. The van der Waals surface area contributed by atoms with E-state index in [-0.39, 0.29) is 17.1 Å². The lowest BCUT2D eigenvalue weighted by atomic mass is 10.0. The fourth-order valence-corrected chi connectivity index (χ4v) is 6.26. The molecule has 204 valence electrons. The highest BCUT2D eigenvalue weighted by atomic mass is 16.5.